The molecule has 1 saturated heterocycles. The van der Waals surface area contributed by atoms with E-state index in [2.05, 4.69) is 21.2 Å². The monoisotopic (exact) mass is 302 g/mol. The quantitative estimate of drug-likeness (QED) is 0.896. The van der Waals surface area contributed by atoms with Gasteiger partial charge in [-0.05, 0) is 18.6 Å². The molecule has 1 aromatic carbocycles. The van der Waals surface area contributed by atoms with Crippen LogP contribution in [0, 0.1) is 5.82 Å². The van der Waals surface area contributed by atoms with E-state index in [0.29, 0.717) is 23.4 Å². The van der Waals surface area contributed by atoms with Crippen LogP contribution in [-0.2, 0) is 4.74 Å². The minimum Gasteiger partial charge on any atom is -0.379 e. The summed E-state index contributed by atoms with van der Waals surface area (Å²) in [5, 5.41) is 3.08. The van der Waals surface area contributed by atoms with Crippen LogP contribution in [0.25, 0.3) is 0 Å². The summed E-state index contributed by atoms with van der Waals surface area (Å²) in [6.07, 6.45) is 0.826. The van der Waals surface area contributed by atoms with Crippen molar-refractivity contribution in [2.75, 3.05) is 18.5 Å². The van der Waals surface area contributed by atoms with E-state index >= 15 is 0 Å². The van der Waals surface area contributed by atoms with Crippen molar-refractivity contribution in [3.05, 3.63) is 28.0 Å². The SMILES string of the molecule is NC(=O)c1c(F)cc(Br)cc1N[C@H]1CCOC1. The molecule has 4 nitrogen and oxygen atoms in total. The van der Waals surface area contributed by atoms with E-state index in [4.69, 9.17) is 10.5 Å². The van der Waals surface area contributed by atoms with Crippen molar-refractivity contribution in [2.45, 2.75) is 12.5 Å². The van der Waals surface area contributed by atoms with E-state index < -0.39 is 11.7 Å². The molecule has 6 heteroatoms. The number of nitrogens with one attached hydrogen (secondary N) is 1. The average Bonchev–Trinajstić information content (AvgIpc) is 2.68. The van der Waals surface area contributed by atoms with Crippen LogP contribution in [-0.4, -0.2) is 25.2 Å². The number of nitrogens with two attached hydrogens (primary N) is 1. The third kappa shape index (κ3) is 2.76. The number of ether oxygens (including phenoxy) is 1. The highest BCUT2D eigenvalue weighted by Crippen LogP contribution is 2.26. The fourth-order valence-electron chi connectivity index (χ4n) is 1.81. The van der Waals surface area contributed by atoms with Gasteiger partial charge in [0.2, 0.25) is 0 Å². The molecule has 1 aliphatic heterocycles. The van der Waals surface area contributed by atoms with Gasteiger partial charge in [0, 0.05) is 11.1 Å². The van der Waals surface area contributed by atoms with Crippen molar-refractivity contribution in [2.24, 2.45) is 5.73 Å². The molecule has 0 bridgehead atoms. The second kappa shape index (κ2) is 5.01. The van der Waals surface area contributed by atoms with Gasteiger partial charge >= 0.3 is 0 Å². The first-order chi connectivity index (χ1) is 8.08. The maximum absolute atomic E-state index is 13.6. The molecule has 1 heterocycles. The summed E-state index contributed by atoms with van der Waals surface area (Å²) in [4.78, 5) is 11.2. The number of halogens is 2. The maximum Gasteiger partial charge on any atom is 0.253 e. The molecule has 3 N–H and O–H groups in total. The molecule has 17 heavy (non-hydrogen) atoms. The summed E-state index contributed by atoms with van der Waals surface area (Å²) >= 11 is 3.18. The molecule has 1 fully saturated rings. The minimum atomic E-state index is -0.781. The molecule has 0 spiro atoms. The van der Waals surface area contributed by atoms with Gasteiger partial charge in [-0.25, -0.2) is 4.39 Å². The normalized spacial score (nSPS) is 19.3. The minimum absolute atomic E-state index is 0.0850. The van der Waals surface area contributed by atoms with Gasteiger partial charge < -0.3 is 15.8 Å². The lowest BCUT2D eigenvalue weighted by molar-refractivity contribution is 0.0997. The lowest BCUT2D eigenvalue weighted by Gasteiger charge is -2.15. The lowest BCUT2D eigenvalue weighted by atomic mass is 10.1. The summed E-state index contributed by atoms with van der Waals surface area (Å²) < 4.78 is 19.4. The zero-order valence-corrected chi connectivity index (χ0v) is 10.6. The first kappa shape index (κ1) is 12.3. The number of rotatable bonds is 3. The van der Waals surface area contributed by atoms with Gasteiger partial charge in [0.25, 0.3) is 5.91 Å². The van der Waals surface area contributed by atoms with Gasteiger partial charge in [0.15, 0.2) is 0 Å². The van der Waals surface area contributed by atoms with Crippen LogP contribution in [0.3, 0.4) is 0 Å². The molecule has 0 aromatic heterocycles. The van der Waals surface area contributed by atoms with Gasteiger partial charge in [-0.2, -0.15) is 0 Å². The summed E-state index contributed by atoms with van der Waals surface area (Å²) in [5.41, 5.74) is 5.47. The number of carbonyl (C=O) groups excluding carboxylic acids is 1. The molecule has 0 radical (unpaired) electrons. The van der Waals surface area contributed by atoms with Gasteiger partial charge in [0.1, 0.15) is 5.82 Å². The van der Waals surface area contributed by atoms with Crippen LogP contribution in [0.1, 0.15) is 16.8 Å². The summed E-state index contributed by atoms with van der Waals surface area (Å²) in [6, 6.07) is 2.94. The largest absolute Gasteiger partial charge is 0.379 e. The van der Waals surface area contributed by atoms with Crippen LogP contribution in [0.15, 0.2) is 16.6 Å². The number of anilines is 1. The standard InChI is InChI=1S/C11H12BrFN2O2/c12-6-3-8(13)10(11(14)16)9(4-6)15-7-1-2-17-5-7/h3-4,7,15H,1-2,5H2,(H2,14,16)/t7-/m0/s1. The fourth-order valence-corrected chi connectivity index (χ4v) is 2.24. The molecular formula is C11H12BrFN2O2. The van der Waals surface area contributed by atoms with E-state index in [0.717, 1.165) is 6.42 Å². The third-order valence-electron chi connectivity index (χ3n) is 2.59. The van der Waals surface area contributed by atoms with E-state index in [1.165, 1.54) is 6.07 Å². The predicted molar refractivity (Wildman–Crippen MR) is 65.5 cm³/mol. The number of primary amides is 1. The molecular weight excluding hydrogens is 291 g/mol. The topological polar surface area (TPSA) is 64.4 Å². The first-order valence-corrected chi connectivity index (χ1v) is 6.00. The Hall–Kier alpha value is -1.14. The second-order valence-electron chi connectivity index (χ2n) is 3.88. The highest BCUT2D eigenvalue weighted by Gasteiger charge is 2.20. The molecule has 1 aliphatic rings. The number of hydrogen-bond acceptors (Lipinski definition) is 3. The Balaban J connectivity index is 2.32. The molecule has 0 unspecified atom stereocenters. The number of benzene rings is 1. The smallest absolute Gasteiger partial charge is 0.253 e. The van der Waals surface area contributed by atoms with Crippen LogP contribution in [0.2, 0.25) is 0 Å². The van der Waals surface area contributed by atoms with Gasteiger partial charge in [0.05, 0.1) is 23.9 Å². The number of amides is 1. The Labute approximate surface area is 106 Å². The Morgan fingerprint density at radius 1 is 1.59 bits per heavy atom. The molecule has 2 rings (SSSR count). The Bertz CT molecular complexity index is 447. The molecule has 0 aliphatic carbocycles. The zero-order chi connectivity index (χ0) is 12.4. The van der Waals surface area contributed by atoms with Crippen LogP contribution < -0.4 is 11.1 Å². The average molecular weight is 303 g/mol. The van der Waals surface area contributed by atoms with Gasteiger partial charge in [-0.3, -0.25) is 4.79 Å². The van der Waals surface area contributed by atoms with Crippen molar-refractivity contribution in [1.82, 2.24) is 0 Å². The van der Waals surface area contributed by atoms with E-state index in [9.17, 15) is 9.18 Å². The van der Waals surface area contributed by atoms with E-state index in [1.54, 1.807) is 6.07 Å². The summed E-state index contributed by atoms with van der Waals surface area (Å²) in [7, 11) is 0. The Kier molecular flexibility index (Phi) is 3.63. The molecule has 0 saturated carbocycles. The van der Waals surface area contributed by atoms with E-state index in [1.807, 2.05) is 0 Å². The maximum atomic E-state index is 13.6. The highest BCUT2D eigenvalue weighted by molar-refractivity contribution is 9.10. The van der Waals surface area contributed by atoms with Crippen LogP contribution >= 0.6 is 15.9 Å². The zero-order valence-electron chi connectivity index (χ0n) is 9.00. The van der Waals surface area contributed by atoms with Crippen molar-refractivity contribution in [1.29, 1.82) is 0 Å². The van der Waals surface area contributed by atoms with Crippen molar-refractivity contribution in [3.8, 4) is 0 Å². The molecule has 1 atom stereocenters. The number of hydrogen-bond donors (Lipinski definition) is 2. The molecule has 92 valence electrons. The van der Waals surface area contributed by atoms with Crippen LogP contribution in [0.5, 0.6) is 0 Å². The van der Waals surface area contributed by atoms with E-state index in [-0.39, 0.29) is 11.6 Å². The van der Waals surface area contributed by atoms with Crippen molar-refractivity contribution < 1.29 is 13.9 Å². The van der Waals surface area contributed by atoms with Crippen LogP contribution in [0.4, 0.5) is 10.1 Å². The van der Waals surface area contributed by atoms with Gasteiger partial charge in [-0.1, -0.05) is 15.9 Å². The first-order valence-electron chi connectivity index (χ1n) is 5.21. The van der Waals surface area contributed by atoms with Gasteiger partial charge in [-0.15, -0.1) is 0 Å². The second-order valence-corrected chi connectivity index (χ2v) is 4.79. The predicted octanol–water partition coefficient (Wildman–Crippen LogP) is 1.89. The van der Waals surface area contributed by atoms with Crippen molar-refractivity contribution in [3.63, 3.8) is 0 Å². The molecule has 1 aromatic rings. The third-order valence-corrected chi connectivity index (χ3v) is 3.05. The summed E-state index contributed by atoms with van der Waals surface area (Å²) in [6.45, 7) is 1.21. The number of carbonyl (C=O) groups is 1. The molecule has 1 amide bonds. The summed E-state index contributed by atoms with van der Waals surface area (Å²) in [5.74, 6) is -1.41. The highest BCUT2D eigenvalue weighted by atomic mass is 79.9. The Morgan fingerprint density at radius 2 is 2.35 bits per heavy atom. The Morgan fingerprint density at radius 3 is 2.94 bits per heavy atom. The fraction of sp³-hybridized carbons (Fsp3) is 0.364. The lowest BCUT2D eigenvalue weighted by Crippen LogP contribution is -2.23. The van der Waals surface area contributed by atoms with Crippen molar-refractivity contribution >= 4 is 27.5 Å².